The van der Waals surface area contributed by atoms with Gasteiger partial charge in [0.1, 0.15) is 8.24 Å². The molecule has 0 aliphatic heterocycles. The van der Waals surface area contributed by atoms with E-state index in [2.05, 4.69) is 44.6 Å². The van der Waals surface area contributed by atoms with Gasteiger partial charge in [-0.3, -0.25) is 0 Å². The molecule has 0 bridgehead atoms. The van der Waals surface area contributed by atoms with Gasteiger partial charge in [0.05, 0.1) is 0 Å². The molecule has 0 spiro atoms. The summed E-state index contributed by atoms with van der Waals surface area (Å²) in [6.45, 7) is 9.08. The van der Waals surface area contributed by atoms with Crippen molar-refractivity contribution in [1.29, 1.82) is 0 Å². The molecule has 1 atom stereocenters. The average Bonchev–Trinajstić information content (AvgIpc) is 1.87. The number of hydrogen-bond donors (Lipinski definition) is 2. The van der Waals surface area contributed by atoms with Gasteiger partial charge in [0.25, 0.3) is 0 Å². The quantitative estimate of drug-likeness (QED) is 0.382. The molecular formula is C7H19NSSi. The minimum absolute atomic E-state index is 0.404. The van der Waals surface area contributed by atoms with Crippen molar-refractivity contribution >= 4 is 20.9 Å². The Morgan fingerprint density at radius 2 is 1.90 bits per heavy atom. The summed E-state index contributed by atoms with van der Waals surface area (Å²) in [5, 5.41) is 0.404. The van der Waals surface area contributed by atoms with Crippen LogP contribution in [0.3, 0.4) is 0 Å². The van der Waals surface area contributed by atoms with Gasteiger partial charge in [-0.2, -0.15) is 12.6 Å². The van der Waals surface area contributed by atoms with E-state index in [4.69, 9.17) is 0 Å². The maximum absolute atomic E-state index is 4.40. The summed E-state index contributed by atoms with van der Waals surface area (Å²) in [4.78, 5) is 3.56. The summed E-state index contributed by atoms with van der Waals surface area (Å²) in [6, 6.07) is 1.28. The monoisotopic (exact) mass is 177 g/mol. The van der Waals surface area contributed by atoms with E-state index < -0.39 is 8.24 Å². The van der Waals surface area contributed by atoms with Crippen LogP contribution in [0.1, 0.15) is 20.3 Å². The highest BCUT2D eigenvalue weighted by atomic mass is 32.1. The summed E-state index contributed by atoms with van der Waals surface area (Å²) >= 11 is 4.40. The van der Waals surface area contributed by atoms with E-state index in [1.165, 1.54) is 6.04 Å². The first-order chi connectivity index (χ1) is 4.52. The predicted molar refractivity (Wildman–Crippen MR) is 54.2 cm³/mol. The molecule has 1 N–H and O–H groups in total. The first-order valence-electron chi connectivity index (χ1n) is 3.97. The third-order valence-electron chi connectivity index (χ3n) is 1.83. The van der Waals surface area contributed by atoms with Crippen LogP contribution in [0.25, 0.3) is 0 Å². The van der Waals surface area contributed by atoms with Gasteiger partial charge in [0.15, 0.2) is 0 Å². The molecule has 0 aromatic carbocycles. The lowest BCUT2D eigenvalue weighted by Gasteiger charge is -2.25. The number of nitrogens with one attached hydrogen (secondary N) is 1. The van der Waals surface area contributed by atoms with E-state index in [0.717, 1.165) is 6.42 Å². The van der Waals surface area contributed by atoms with Gasteiger partial charge >= 0.3 is 0 Å². The summed E-state index contributed by atoms with van der Waals surface area (Å²) in [5.74, 6) is 0. The summed E-state index contributed by atoms with van der Waals surface area (Å²) in [5.41, 5.74) is 0. The molecule has 0 heterocycles. The molecule has 0 aliphatic rings. The second kappa shape index (κ2) is 4.41. The standard InChI is InChI=1S/C7H19NSSi/c1-5-7(9)8-10(3,4)6-2/h7-9H,5-6H2,1-4H3. The van der Waals surface area contributed by atoms with Crippen molar-refractivity contribution < 1.29 is 0 Å². The van der Waals surface area contributed by atoms with Crippen molar-refractivity contribution in [3.8, 4) is 0 Å². The molecule has 0 aromatic heterocycles. The van der Waals surface area contributed by atoms with E-state index in [0.29, 0.717) is 5.37 Å². The molecule has 0 saturated carbocycles. The second-order valence-electron chi connectivity index (χ2n) is 3.31. The van der Waals surface area contributed by atoms with E-state index in [9.17, 15) is 0 Å². The topological polar surface area (TPSA) is 12.0 Å². The smallest absolute Gasteiger partial charge is 0.120 e. The molecule has 0 aromatic rings. The first kappa shape index (κ1) is 10.5. The van der Waals surface area contributed by atoms with Crippen LogP contribution >= 0.6 is 12.6 Å². The fourth-order valence-electron chi connectivity index (χ4n) is 0.655. The maximum atomic E-state index is 4.40. The molecule has 10 heavy (non-hydrogen) atoms. The van der Waals surface area contributed by atoms with E-state index >= 15 is 0 Å². The van der Waals surface area contributed by atoms with Crippen molar-refractivity contribution in [2.45, 2.75) is 44.8 Å². The van der Waals surface area contributed by atoms with E-state index in [1.54, 1.807) is 0 Å². The second-order valence-corrected chi connectivity index (χ2v) is 8.69. The van der Waals surface area contributed by atoms with Gasteiger partial charge in [-0.1, -0.05) is 26.9 Å². The van der Waals surface area contributed by atoms with E-state index in [1.807, 2.05) is 0 Å². The number of hydrogen-bond acceptors (Lipinski definition) is 2. The molecule has 1 unspecified atom stereocenters. The molecular weight excluding hydrogens is 158 g/mol. The maximum Gasteiger partial charge on any atom is 0.120 e. The third kappa shape index (κ3) is 4.36. The Balaban J connectivity index is 3.64. The lowest BCUT2D eigenvalue weighted by molar-refractivity contribution is 0.781. The molecule has 0 aliphatic carbocycles. The fourth-order valence-corrected chi connectivity index (χ4v) is 3.01. The summed E-state index contributed by atoms with van der Waals surface area (Å²) in [7, 11) is -1.09. The Labute approximate surface area is 71.1 Å². The van der Waals surface area contributed by atoms with Gasteiger partial charge < -0.3 is 4.98 Å². The Bertz CT molecular complexity index is 95.6. The van der Waals surface area contributed by atoms with Crippen LogP contribution in [-0.2, 0) is 0 Å². The fraction of sp³-hybridized carbons (Fsp3) is 1.00. The number of thiol groups is 1. The van der Waals surface area contributed by atoms with Crippen LogP contribution in [0.5, 0.6) is 0 Å². The molecule has 0 saturated heterocycles. The minimum atomic E-state index is -1.09. The van der Waals surface area contributed by atoms with Crippen LogP contribution in [-0.4, -0.2) is 13.6 Å². The zero-order valence-corrected chi connectivity index (χ0v) is 9.33. The molecule has 0 fully saturated rings. The van der Waals surface area contributed by atoms with Gasteiger partial charge in [0.2, 0.25) is 0 Å². The van der Waals surface area contributed by atoms with Crippen LogP contribution in [0.15, 0.2) is 0 Å². The van der Waals surface area contributed by atoms with Crippen molar-refractivity contribution in [1.82, 2.24) is 4.98 Å². The number of rotatable bonds is 4. The van der Waals surface area contributed by atoms with Crippen molar-refractivity contribution in [2.75, 3.05) is 0 Å². The Kier molecular flexibility index (Phi) is 4.65. The van der Waals surface area contributed by atoms with Gasteiger partial charge in [-0.15, -0.1) is 0 Å². The Morgan fingerprint density at radius 3 is 2.20 bits per heavy atom. The molecule has 0 amide bonds. The van der Waals surface area contributed by atoms with Crippen molar-refractivity contribution in [3.63, 3.8) is 0 Å². The van der Waals surface area contributed by atoms with Crippen LogP contribution < -0.4 is 4.98 Å². The van der Waals surface area contributed by atoms with Gasteiger partial charge in [0, 0.05) is 5.37 Å². The molecule has 62 valence electrons. The SMILES string of the molecule is CCC(S)N[Si](C)(C)CC. The highest BCUT2D eigenvalue weighted by molar-refractivity contribution is 7.81. The van der Waals surface area contributed by atoms with Crippen molar-refractivity contribution in [3.05, 3.63) is 0 Å². The van der Waals surface area contributed by atoms with Gasteiger partial charge in [-0.05, 0) is 12.5 Å². The lowest BCUT2D eigenvalue weighted by atomic mass is 10.5. The lowest BCUT2D eigenvalue weighted by Crippen LogP contribution is -2.47. The van der Waals surface area contributed by atoms with Crippen molar-refractivity contribution in [2.24, 2.45) is 0 Å². The molecule has 3 heteroatoms. The predicted octanol–water partition coefficient (Wildman–Crippen LogP) is 2.47. The van der Waals surface area contributed by atoms with Crippen LogP contribution in [0.4, 0.5) is 0 Å². The van der Waals surface area contributed by atoms with E-state index in [-0.39, 0.29) is 0 Å². The van der Waals surface area contributed by atoms with Crippen LogP contribution in [0, 0.1) is 0 Å². The Hall–Kier alpha value is 0.527. The Morgan fingerprint density at radius 1 is 1.40 bits per heavy atom. The summed E-state index contributed by atoms with van der Waals surface area (Å²) < 4.78 is 0. The normalized spacial score (nSPS) is 15.3. The third-order valence-corrected chi connectivity index (χ3v) is 5.46. The molecule has 0 rings (SSSR count). The zero-order chi connectivity index (χ0) is 8.20. The first-order valence-corrected chi connectivity index (χ1v) is 7.70. The average molecular weight is 177 g/mol. The largest absolute Gasteiger partial charge is 0.326 e. The highest BCUT2D eigenvalue weighted by Crippen LogP contribution is 2.07. The summed E-state index contributed by atoms with van der Waals surface area (Å²) in [6.07, 6.45) is 1.11. The highest BCUT2D eigenvalue weighted by Gasteiger charge is 2.19. The minimum Gasteiger partial charge on any atom is -0.326 e. The molecule has 0 radical (unpaired) electrons. The van der Waals surface area contributed by atoms with Gasteiger partial charge in [-0.25, -0.2) is 0 Å². The van der Waals surface area contributed by atoms with Crippen LogP contribution in [0.2, 0.25) is 19.1 Å². The zero-order valence-electron chi connectivity index (χ0n) is 7.44. The molecule has 1 nitrogen and oxygen atoms in total.